The Morgan fingerprint density at radius 3 is 2.19 bits per heavy atom. The van der Waals surface area contributed by atoms with Crippen molar-refractivity contribution < 1.29 is 22.0 Å². The van der Waals surface area contributed by atoms with Crippen LogP contribution in [0.25, 0.3) is 0 Å². The zero-order chi connectivity index (χ0) is 19.4. The SMILES string of the molecule is O=C(Nc1c(F)cccc1F)N1CCC(S(=O)(=O)Cc2ccccc2)CC1. The Bertz CT molecular complexity index is 892. The first-order valence-electron chi connectivity index (χ1n) is 8.62. The lowest BCUT2D eigenvalue weighted by atomic mass is 10.1. The summed E-state index contributed by atoms with van der Waals surface area (Å²) in [5, 5.41) is 1.69. The Labute approximate surface area is 156 Å². The summed E-state index contributed by atoms with van der Waals surface area (Å²) in [5.41, 5.74) is 0.231. The first-order chi connectivity index (χ1) is 12.9. The summed E-state index contributed by atoms with van der Waals surface area (Å²) in [7, 11) is -3.34. The van der Waals surface area contributed by atoms with E-state index in [-0.39, 0.29) is 18.8 Å². The molecule has 0 atom stereocenters. The standard InChI is InChI=1S/C19H20F2N2O3S/c20-16-7-4-8-17(21)18(16)22-19(24)23-11-9-15(10-12-23)27(25,26)13-14-5-2-1-3-6-14/h1-8,15H,9-13H2,(H,22,24). The summed E-state index contributed by atoms with van der Waals surface area (Å²) in [6, 6.07) is 11.6. The van der Waals surface area contributed by atoms with E-state index >= 15 is 0 Å². The van der Waals surface area contributed by atoms with E-state index in [1.807, 2.05) is 6.07 Å². The second kappa shape index (κ2) is 8.04. The second-order valence-electron chi connectivity index (χ2n) is 6.51. The molecule has 2 aromatic rings. The molecule has 2 aromatic carbocycles. The summed E-state index contributed by atoms with van der Waals surface area (Å²) in [4.78, 5) is 13.6. The number of hydrogen-bond donors (Lipinski definition) is 1. The molecule has 144 valence electrons. The number of likely N-dealkylation sites (tertiary alicyclic amines) is 1. The van der Waals surface area contributed by atoms with Gasteiger partial charge in [0.1, 0.15) is 17.3 Å². The number of carbonyl (C=O) groups is 1. The molecule has 0 aromatic heterocycles. The summed E-state index contributed by atoms with van der Waals surface area (Å²) in [5.74, 6) is -1.75. The molecule has 2 amide bonds. The lowest BCUT2D eigenvalue weighted by molar-refractivity contribution is 0.200. The van der Waals surface area contributed by atoms with E-state index in [1.165, 1.54) is 11.0 Å². The molecule has 0 saturated carbocycles. The zero-order valence-corrected chi connectivity index (χ0v) is 15.4. The molecule has 0 aliphatic carbocycles. The number of urea groups is 1. The van der Waals surface area contributed by atoms with Crippen LogP contribution in [0.15, 0.2) is 48.5 Å². The van der Waals surface area contributed by atoms with Gasteiger partial charge in [0.05, 0.1) is 11.0 Å². The molecule has 0 radical (unpaired) electrons. The van der Waals surface area contributed by atoms with Crippen LogP contribution in [0.4, 0.5) is 19.3 Å². The average molecular weight is 394 g/mol. The van der Waals surface area contributed by atoms with Crippen molar-refractivity contribution in [2.75, 3.05) is 18.4 Å². The van der Waals surface area contributed by atoms with Crippen molar-refractivity contribution in [1.82, 2.24) is 4.90 Å². The van der Waals surface area contributed by atoms with Crippen LogP contribution in [0.3, 0.4) is 0 Å². The van der Waals surface area contributed by atoms with Crippen molar-refractivity contribution in [2.45, 2.75) is 23.8 Å². The highest BCUT2D eigenvalue weighted by Gasteiger charge is 2.32. The van der Waals surface area contributed by atoms with E-state index in [2.05, 4.69) is 5.32 Å². The number of rotatable bonds is 4. The molecule has 1 aliphatic rings. The van der Waals surface area contributed by atoms with Crippen LogP contribution in [0.5, 0.6) is 0 Å². The number of piperidine rings is 1. The number of hydrogen-bond acceptors (Lipinski definition) is 3. The highest BCUT2D eigenvalue weighted by Crippen LogP contribution is 2.23. The van der Waals surface area contributed by atoms with E-state index in [0.717, 1.165) is 17.7 Å². The maximum absolute atomic E-state index is 13.7. The number of nitrogens with one attached hydrogen (secondary N) is 1. The third kappa shape index (κ3) is 4.63. The normalized spacial score (nSPS) is 15.6. The van der Waals surface area contributed by atoms with Crippen molar-refractivity contribution in [3.05, 3.63) is 65.7 Å². The van der Waals surface area contributed by atoms with Crippen molar-refractivity contribution in [2.24, 2.45) is 0 Å². The molecule has 1 aliphatic heterocycles. The minimum atomic E-state index is -3.34. The summed E-state index contributed by atoms with van der Waals surface area (Å²) < 4.78 is 52.5. The Morgan fingerprint density at radius 1 is 1.00 bits per heavy atom. The van der Waals surface area contributed by atoms with Gasteiger partial charge < -0.3 is 10.2 Å². The van der Waals surface area contributed by atoms with Gasteiger partial charge in [-0.25, -0.2) is 22.0 Å². The minimum absolute atomic E-state index is 0.0366. The summed E-state index contributed by atoms with van der Waals surface area (Å²) >= 11 is 0. The first-order valence-corrected chi connectivity index (χ1v) is 10.3. The lowest BCUT2D eigenvalue weighted by Crippen LogP contribution is -2.44. The predicted octanol–water partition coefficient (Wildman–Crippen LogP) is 3.58. The van der Waals surface area contributed by atoms with Crippen LogP contribution in [0.1, 0.15) is 18.4 Å². The van der Waals surface area contributed by atoms with Gasteiger partial charge in [0.2, 0.25) is 0 Å². The number of anilines is 1. The minimum Gasteiger partial charge on any atom is -0.324 e. The third-order valence-electron chi connectivity index (χ3n) is 4.64. The number of carbonyl (C=O) groups excluding carboxylic acids is 1. The average Bonchev–Trinajstić information content (AvgIpc) is 2.65. The van der Waals surface area contributed by atoms with E-state index in [9.17, 15) is 22.0 Å². The van der Waals surface area contributed by atoms with Gasteiger partial charge in [0.15, 0.2) is 9.84 Å². The van der Waals surface area contributed by atoms with Crippen LogP contribution in [-0.4, -0.2) is 37.7 Å². The smallest absolute Gasteiger partial charge is 0.322 e. The molecule has 0 bridgehead atoms. The van der Waals surface area contributed by atoms with Gasteiger partial charge in [-0.2, -0.15) is 0 Å². The van der Waals surface area contributed by atoms with Crippen LogP contribution in [-0.2, 0) is 15.6 Å². The number of sulfone groups is 1. The molecule has 1 heterocycles. The Balaban J connectivity index is 1.59. The van der Waals surface area contributed by atoms with Gasteiger partial charge in [-0.1, -0.05) is 36.4 Å². The largest absolute Gasteiger partial charge is 0.324 e. The highest BCUT2D eigenvalue weighted by molar-refractivity contribution is 7.91. The topological polar surface area (TPSA) is 66.5 Å². The van der Waals surface area contributed by atoms with E-state index in [1.54, 1.807) is 24.3 Å². The van der Waals surface area contributed by atoms with Crippen molar-refractivity contribution >= 4 is 21.6 Å². The van der Waals surface area contributed by atoms with Gasteiger partial charge in [-0.15, -0.1) is 0 Å². The van der Waals surface area contributed by atoms with Crippen LogP contribution < -0.4 is 5.32 Å². The van der Waals surface area contributed by atoms with Gasteiger partial charge in [-0.3, -0.25) is 0 Å². The van der Waals surface area contributed by atoms with Gasteiger partial charge in [0, 0.05) is 13.1 Å². The Hall–Kier alpha value is -2.48. The third-order valence-corrected chi connectivity index (χ3v) is 6.87. The molecular weight excluding hydrogens is 374 g/mol. The molecule has 1 N–H and O–H groups in total. The lowest BCUT2D eigenvalue weighted by Gasteiger charge is -2.31. The molecule has 1 saturated heterocycles. The number of halogens is 2. The second-order valence-corrected chi connectivity index (χ2v) is 8.79. The molecule has 27 heavy (non-hydrogen) atoms. The number of nitrogens with zero attached hydrogens (tertiary/aromatic N) is 1. The van der Waals surface area contributed by atoms with Crippen LogP contribution in [0, 0.1) is 11.6 Å². The quantitative estimate of drug-likeness (QED) is 0.862. The fourth-order valence-electron chi connectivity index (χ4n) is 3.15. The van der Waals surface area contributed by atoms with Gasteiger partial charge in [-0.05, 0) is 30.5 Å². The van der Waals surface area contributed by atoms with Crippen molar-refractivity contribution in [1.29, 1.82) is 0 Å². The number of amides is 2. The van der Waals surface area contributed by atoms with Crippen molar-refractivity contribution in [3.63, 3.8) is 0 Å². The maximum atomic E-state index is 13.7. The molecule has 3 rings (SSSR count). The predicted molar refractivity (Wildman–Crippen MR) is 99.0 cm³/mol. The first kappa shape index (κ1) is 19.3. The highest BCUT2D eigenvalue weighted by atomic mass is 32.2. The van der Waals surface area contributed by atoms with E-state index in [4.69, 9.17) is 0 Å². The fraction of sp³-hybridized carbons (Fsp3) is 0.316. The maximum Gasteiger partial charge on any atom is 0.322 e. The molecule has 0 spiro atoms. The van der Waals surface area contributed by atoms with Gasteiger partial charge in [0.25, 0.3) is 0 Å². The van der Waals surface area contributed by atoms with E-state index < -0.39 is 38.4 Å². The van der Waals surface area contributed by atoms with Crippen LogP contribution >= 0.6 is 0 Å². The number of benzene rings is 2. The van der Waals surface area contributed by atoms with Crippen LogP contribution in [0.2, 0.25) is 0 Å². The van der Waals surface area contributed by atoms with Crippen molar-refractivity contribution in [3.8, 4) is 0 Å². The molecule has 1 fully saturated rings. The van der Waals surface area contributed by atoms with Gasteiger partial charge >= 0.3 is 6.03 Å². The monoisotopic (exact) mass is 394 g/mol. The zero-order valence-electron chi connectivity index (χ0n) is 14.6. The summed E-state index contributed by atoms with van der Waals surface area (Å²) in [6.45, 7) is 0.418. The molecule has 5 nitrogen and oxygen atoms in total. The molecule has 0 unspecified atom stereocenters. The Kier molecular flexibility index (Phi) is 5.74. The molecule has 8 heteroatoms. The molecular formula is C19H20F2N2O3S. The Morgan fingerprint density at radius 2 is 1.59 bits per heavy atom. The fourth-order valence-corrected chi connectivity index (χ4v) is 4.97. The van der Waals surface area contributed by atoms with E-state index in [0.29, 0.717) is 12.8 Å². The number of para-hydroxylation sites is 1. The summed E-state index contributed by atoms with van der Waals surface area (Å²) in [6.07, 6.45) is 0.588.